The number of nitrogen functional groups attached to an aromatic ring is 2. The van der Waals surface area contributed by atoms with Crippen LogP contribution in [0.5, 0.6) is 0 Å². The van der Waals surface area contributed by atoms with Crippen molar-refractivity contribution in [3.63, 3.8) is 0 Å². The summed E-state index contributed by atoms with van der Waals surface area (Å²) in [7, 11) is 0. The Morgan fingerprint density at radius 3 is 1.49 bits per heavy atom. The minimum Gasteiger partial charge on any atom is -0.462 e. The zero-order valence-corrected chi connectivity index (χ0v) is 23.7. The van der Waals surface area contributed by atoms with Crippen LogP contribution in [-0.2, 0) is 10.2 Å². The number of rotatable bonds is 20. The minimum atomic E-state index is -0.335. The summed E-state index contributed by atoms with van der Waals surface area (Å²) in [4.78, 5) is 12.5. The number of esters is 1. The largest absolute Gasteiger partial charge is 0.462 e. The maximum Gasteiger partial charge on any atom is 0.338 e. The minimum absolute atomic E-state index is 0.163. The van der Waals surface area contributed by atoms with Crippen molar-refractivity contribution in [3.05, 3.63) is 23.3 Å². The standard InChI is InChI=1S/C31H56N2O2/c1-6-7-8-9-10-11-12-13-14-15-16-17-18-19-20-21-22-35-30(34)26-23-27(32)29(28(33)24-26)31(4,5)25(2)3/h23-25H,6-22,32-33H2,1-5H3. The number of anilines is 2. The van der Waals surface area contributed by atoms with Crippen molar-refractivity contribution in [1.82, 2.24) is 0 Å². The van der Waals surface area contributed by atoms with Gasteiger partial charge in [-0.2, -0.15) is 0 Å². The van der Waals surface area contributed by atoms with E-state index >= 15 is 0 Å². The van der Waals surface area contributed by atoms with Crippen molar-refractivity contribution in [2.75, 3.05) is 18.1 Å². The predicted octanol–water partition coefficient (Wildman–Crippen LogP) is 9.20. The molecular formula is C31H56N2O2. The Morgan fingerprint density at radius 2 is 1.11 bits per heavy atom. The Hall–Kier alpha value is -1.71. The Morgan fingerprint density at radius 1 is 0.743 bits per heavy atom. The quantitative estimate of drug-likeness (QED) is 0.109. The van der Waals surface area contributed by atoms with E-state index in [1.807, 2.05) is 0 Å². The summed E-state index contributed by atoms with van der Waals surface area (Å²) in [5, 5.41) is 0. The SMILES string of the molecule is CCCCCCCCCCCCCCCCCCOC(=O)c1cc(N)c(C(C)(C)C(C)C)c(N)c1. The first-order chi connectivity index (χ1) is 16.7. The van der Waals surface area contributed by atoms with Crippen LogP contribution in [0.3, 0.4) is 0 Å². The average Bonchev–Trinajstić information content (AvgIpc) is 2.80. The zero-order valence-electron chi connectivity index (χ0n) is 23.7. The molecule has 0 saturated heterocycles. The third-order valence-electron chi connectivity index (χ3n) is 7.75. The molecule has 1 aromatic carbocycles. The molecule has 0 aliphatic heterocycles. The molecule has 0 aliphatic rings. The van der Waals surface area contributed by atoms with Gasteiger partial charge in [-0.15, -0.1) is 0 Å². The molecule has 0 amide bonds. The zero-order chi connectivity index (χ0) is 26.1. The van der Waals surface area contributed by atoms with Gasteiger partial charge in [0.05, 0.1) is 12.2 Å². The van der Waals surface area contributed by atoms with E-state index in [2.05, 4.69) is 34.6 Å². The second-order valence-corrected chi connectivity index (χ2v) is 11.3. The highest BCUT2D eigenvalue weighted by atomic mass is 16.5. The van der Waals surface area contributed by atoms with Gasteiger partial charge in [0.25, 0.3) is 0 Å². The molecule has 1 rings (SSSR count). The summed E-state index contributed by atoms with van der Waals surface area (Å²) in [5.74, 6) is 0.0399. The Kier molecular flexibility index (Phi) is 15.8. The molecule has 35 heavy (non-hydrogen) atoms. The molecule has 1 aromatic rings. The van der Waals surface area contributed by atoms with Crippen molar-refractivity contribution in [2.24, 2.45) is 5.92 Å². The fourth-order valence-corrected chi connectivity index (χ4v) is 4.74. The number of unbranched alkanes of at least 4 members (excludes halogenated alkanes) is 15. The predicted molar refractivity (Wildman–Crippen MR) is 153 cm³/mol. The van der Waals surface area contributed by atoms with E-state index in [1.165, 1.54) is 89.9 Å². The van der Waals surface area contributed by atoms with E-state index in [9.17, 15) is 4.79 Å². The summed E-state index contributed by atoms with van der Waals surface area (Å²) in [6.45, 7) is 11.3. The highest BCUT2D eigenvalue weighted by Crippen LogP contribution is 2.39. The fraction of sp³-hybridized carbons (Fsp3) is 0.774. The van der Waals surface area contributed by atoms with Crippen LogP contribution in [0.25, 0.3) is 0 Å². The summed E-state index contributed by atoms with van der Waals surface area (Å²) in [6.07, 6.45) is 21.3. The highest BCUT2D eigenvalue weighted by molar-refractivity contribution is 5.92. The second kappa shape index (κ2) is 17.7. The Bertz CT molecular complexity index is 689. The van der Waals surface area contributed by atoms with Crippen LogP contribution in [0, 0.1) is 5.92 Å². The van der Waals surface area contributed by atoms with Gasteiger partial charge in [0.15, 0.2) is 0 Å². The first-order valence-corrected chi connectivity index (χ1v) is 14.6. The van der Waals surface area contributed by atoms with Gasteiger partial charge in [-0.3, -0.25) is 0 Å². The fourth-order valence-electron chi connectivity index (χ4n) is 4.74. The van der Waals surface area contributed by atoms with Gasteiger partial charge >= 0.3 is 5.97 Å². The first kappa shape index (κ1) is 31.3. The van der Waals surface area contributed by atoms with Crippen molar-refractivity contribution in [2.45, 2.75) is 143 Å². The number of ether oxygens (including phenoxy) is 1. The molecule has 0 unspecified atom stereocenters. The third-order valence-corrected chi connectivity index (χ3v) is 7.75. The first-order valence-electron chi connectivity index (χ1n) is 14.6. The summed E-state index contributed by atoms with van der Waals surface area (Å²) < 4.78 is 5.48. The number of hydrogen-bond acceptors (Lipinski definition) is 4. The van der Waals surface area contributed by atoms with Gasteiger partial charge in [-0.25, -0.2) is 4.79 Å². The lowest BCUT2D eigenvalue weighted by Gasteiger charge is -2.32. The summed E-state index contributed by atoms with van der Waals surface area (Å²) >= 11 is 0. The van der Waals surface area contributed by atoms with Crippen LogP contribution >= 0.6 is 0 Å². The van der Waals surface area contributed by atoms with E-state index in [1.54, 1.807) is 12.1 Å². The van der Waals surface area contributed by atoms with Crippen molar-refractivity contribution < 1.29 is 9.53 Å². The third kappa shape index (κ3) is 12.2. The van der Waals surface area contributed by atoms with Crippen LogP contribution in [0.2, 0.25) is 0 Å². The van der Waals surface area contributed by atoms with Crippen LogP contribution < -0.4 is 11.5 Å². The molecule has 4 heteroatoms. The van der Waals surface area contributed by atoms with Crippen LogP contribution in [0.15, 0.2) is 12.1 Å². The maximum absolute atomic E-state index is 12.5. The molecule has 0 aromatic heterocycles. The van der Waals surface area contributed by atoms with Crippen LogP contribution in [0.1, 0.15) is 153 Å². The number of carbonyl (C=O) groups is 1. The molecule has 0 bridgehead atoms. The number of carbonyl (C=O) groups excluding carboxylic acids is 1. The summed E-state index contributed by atoms with van der Waals surface area (Å²) in [6, 6.07) is 3.43. The maximum atomic E-state index is 12.5. The van der Waals surface area contributed by atoms with Gasteiger partial charge in [0.1, 0.15) is 0 Å². The van der Waals surface area contributed by atoms with Crippen molar-refractivity contribution >= 4 is 17.3 Å². The van der Waals surface area contributed by atoms with Gasteiger partial charge < -0.3 is 16.2 Å². The van der Waals surface area contributed by atoms with Gasteiger partial charge in [0.2, 0.25) is 0 Å². The van der Waals surface area contributed by atoms with E-state index < -0.39 is 0 Å². The lowest BCUT2D eigenvalue weighted by molar-refractivity contribution is 0.0497. The van der Waals surface area contributed by atoms with Crippen LogP contribution in [-0.4, -0.2) is 12.6 Å². The number of nitrogens with two attached hydrogens (primary N) is 2. The monoisotopic (exact) mass is 488 g/mol. The molecule has 202 valence electrons. The molecule has 4 nitrogen and oxygen atoms in total. The van der Waals surface area contributed by atoms with Gasteiger partial charge in [0, 0.05) is 16.9 Å². The smallest absolute Gasteiger partial charge is 0.338 e. The van der Waals surface area contributed by atoms with E-state index in [4.69, 9.17) is 16.2 Å². The topological polar surface area (TPSA) is 78.3 Å². The van der Waals surface area contributed by atoms with E-state index in [0.29, 0.717) is 29.5 Å². The molecule has 0 saturated carbocycles. The van der Waals surface area contributed by atoms with Crippen LogP contribution in [0.4, 0.5) is 11.4 Å². The second-order valence-electron chi connectivity index (χ2n) is 11.3. The van der Waals surface area contributed by atoms with Gasteiger partial charge in [-0.05, 0) is 29.9 Å². The molecule has 0 spiro atoms. The molecular weight excluding hydrogens is 432 g/mol. The lowest BCUT2D eigenvalue weighted by Crippen LogP contribution is -2.27. The number of hydrogen-bond donors (Lipinski definition) is 2. The normalized spacial score (nSPS) is 11.8. The van der Waals surface area contributed by atoms with E-state index in [-0.39, 0.29) is 11.4 Å². The molecule has 0 radical (unpaired) electrons. The highest BCUT2D eigenvalue weighted by Gasteiger charge is 2.30. The molecule has 0 heterocycles. The molecule has 0 fully saturated rings. The van der Waals surface area contributed by atoms with Gasteiger partial charge in [-0.1, -0.05) is 131 Å². The average molecular weight is 489 g/mol. The Balaban J connectivity index is 2.10. The lowest BCUT2D eigenvalue weighted by atomic mass is 9.73. The number of benzene rings is 1. The summed E-state index contributed by atoms with van der Waals surface area (Å²) in [5.41, 5.74) is 14.9. The molecule has 0 atom stereocenters. The van der Waals surface area contributed by atoms with Crippen molar-refractivity contribution in [3.8, 4) is 0 Å². The van der Waals surface area contributed by atoms with Crippen molar-refractivity contribution in [1.29, 1.82) is 0 Å². The molecule has 4 N–H and O–H groups in total. The van der Waals surface area contributed by atoms with E-state index in [0.717, 1.165) is 18.4 Å². The Labute approximate surface area is 217 Å². The molecule has 0 aliphatic carbocycles.